The molecule has 0 saturated carbocycles. The molecule has 0 unspecified atom stereocenters. The largest absolute Gasteiger partial charge is 0.444 e. The van der Waals surface area contributed by atoms with E-state index in [2.05, 4.69) is 6.08 Å². The van der Waals surface area contributed by atoms with Gasteiger partial charge in [-0.2, -0.15) is 0 Å². The first-order valence-electron chi connectivity index (χ1n) is 10.4. The highest BCUT2D eigenvalue weighted by Crippen LogP contribution is 2.33. The van der Waals surface area contributed by atoms with Gasteiger partial charge >= 0.3 is 12.2 Å². The van der Waals surface area contributed by atoms with Crippen LogP contribution in [-0.2, 0) is 9.47 Å². The van der Waals surface area contributed by atoms with Gasteiger partial charge in [-0.3, -0.25) is 9.80 Å². The number of rotatable bonds is 1. The number of carbonyl (C=O) groups is 2. The molecule has 3 rings (SSSR count). The van der Waals surface area contributed by atoms with Crippen LogP contribution >= 0.6 is 0 Å². The molecule has 0 aromatic rings. The Morgan fingerprint density at radius 2 is 1.48 bits per heavy atom. The van der Waals surface area contributed by atoms with Crippen LogP contribution in [0.25, 0.3) is 0 Å². The van der Waals surface area contributed by atoms with Gasteiger partial charge in [0.25, 0.3) is 0 Å². The van der Waals surface area contributed by atoms with Gasteiger partial charge in [0.2, 0.25) is 6.29 Å². The van der Waals surface area contributed by atoms with E-state index in [-0.39, 0.29) is 0 Å². The molecule has 7 nitrogen and oxygen atoms in total. The minimum atomic E-state index is -0.761. The van der Waals surface area contributed by atoms with Crippen LogP contribution in [0.3, 0.4) is 0 Å². The van der Waals surface area contributed by atoms with Gasteiger partial charge in [0, 0.05) is 25.2 Å². The van der Waals surface area contributed by atoms with Crippen molar-refractivity contribution in [1.82, 2.24) is 9.80 Å². The summed E-state index contributed by atoms with van der Waals surface area (Å²) in [5.74, 6) is 0. The molecular weight excluding hydrogens is 370 g/mol. The van der Waals surface area contributed by atoms with Crippen LogP contribution in [-0.4, -0.2) is 58.3 Å². The Morgan fingerprint density at radius 1 is 0.931 bits per heavy atom. The Balaban J connectivity index is 1.84. The normalized spacial score (nSPS) is 21.8. The Bertz CT molecular complexity index is 732. The fourth-order valence-corrected chi connectivity index (χ4v) is 3.71. The van der Waals surface area contributed by atoms with Crippen molar-refractivity contribution < 1.29 is 19.1 Å². The van der Waals surface area contributed by atoms with Crippen LogP contribution in [0.2, 0.25) is 0 Å². The molecule has 3 aliphatic rings. The fourth-order valence-electron chi connectivity index (χ4n) is 3.71. The predicted octanol–water partition coefficient (Wildman–Crippen LogP) is 4.64. The lowest BCUT2D eigenvalue weighted by molar-refractivity contribution is 0.00195. The predicted molar refractivity (Wildman–Crippen MR) is 112 cm³/mol. The zero-order valence-electron chi connectivity index (χ0n) is 18.4. The van der Waals surface area contributed by atoms with Crippen LogP contribution in [0.1, 0.15) is 67.2 Å². The van der Waals surface area contributed by atoms with E-state index in [1.165, 1.54) is 27.4 Å². The molecule has 1 aliphatic heterocycles. The minimum Gasteiger partial charge on any atom is -0.444 e. The topological polar surface area (TPSA) is 71.4 Å². The van der Waals surface area contributed by atoms with Crippen molar-refractivity contribution in [3.63, 3.8) is 0 Å². The molecule has 2 amide bonds. The number of nitrogens with zero attached hydrogens (tertiary/aromatic N) is 3. The zero-order valence-corrected chi connectivity index (χ0v) is 18.4. The Kier molecular flexibility index (Phi) is 5.79. The number of hydrogen-bond acceptors (Lipinski definition) is 5. The van der Waals surface area contributed by atoms with Crippen LogP contribution in [0, 0.1) is 0 Å². The van der Waals surface area contributed by atoms with Gasteiger partial charge in [-0.05, 0) is 72.5 Å². The highest BCUT2D eigenvalue weighted by atomic mass is 16.6. The fraction of sp³-hybridized carbons (Fsp3) is 0.682. The van der Waals surface area contributed by atoms with Crippen molar-refractivity contribution in [1.29, 1.82) is 0 Å². The first-order chi connectivity index (χ1) is 13.4. The Morgan fingerprint density at radius 3 is 2.00 bits per heavy atom. The second kappa shape index (κ2) is 7.84. The molecular formula is C22H33N3O4. The molecule has 0 spiro atoms. The summed E-state index contributed by atoms with van der Waals surface area (Å²) < 4.78 is 11.1. The standard InChI is InChI=1S/C22H33N3O4/c1-21(2,3)28-19(26)24-12-13-25(20(27)29-22(4,5)6)18(24)23-17-11-10-15-8-7-9-16(15)14-17/h10-11,18H,7-9,12-14H2,1-6H3/b23-17-. The highest BCUT2D eigenvalue weighted by Gasteiger charge is 2.42. The molecule has 0 aromatic carbocycles. The lowest BCUT2D eigenvalue weighted by Crippen LogP contribution is -2.46. The third-order valence-corrected chi connectivity index (χ3v) is 4.93. The molecule has 0 radical (unpaired) electrons. The van der Waals surface area contributed by atoms with Crippen LogP contribution in [0.4, 0.5) is 9.59 Å². The van der Waals surface area contributed by atoms with Gasteiger partial charge < -0.3 is 9.47 Å². The molecule has 1 saturated heterocycles. The van der Waals surface area contributed by atoms with Crippen LogP contribution in [0.5, 0.6) is 0 Å². The average Bonchev–Trinajstić information content (AvgIpc) is 3.17. The molecule has 0 atom stereocenters. The summed E-state index contributed by atoms with van der Waals surface area (Å²) in [5, 5.41) is 0. The average molecular weight is 404 g/mol. The minimum absolute atomic E-state index is 0.354. The Labute approximate surface area is 173 Å². The number of hydrogen-bond donors (Lipinski definition) is 0. The molecule has 7 heteroatoms. The molecule has 0 N–H and O–H groups in total. The molecule has 2 aliphatic carbocycles. The highest BCUT2D eigenvalue weighted by molar-refractivity contribution is 5.99. The number of aliphatic imine (C=N–C) groups is 1. The molecule has 160 valence electrons. The summed E-state index contributed by atoms with van der Waals surface area (Å²) in [6.45, 7) is 11.7. The van der Waals surface area contributed by atoms with E-state index in [4.69, 9.17) is 14.5 Å². The van der Waals surface area contributed by atoms with Gasteiger partial charge in [-0.15, -0.1) is 0 Å². The molecule has 29 heavy (non-hydrogen) atoms. The van der Waals surface area contributed by atoms with Crippen LogP contribution in [0.15, 0.2) is 28.3 Å². The maximum atomic E-state index is 12.8. The molecule has 1 fully saturated rings. The zero-order chi connectivity index (χ0) is 21.4. The number of carbonyl (C=O) groups excluding carboxylic acids is 2. The van der Waals surface area contributed by atoms with E-state index in [1.807, 2.05) is 47.6 Å². The summed E-state index contributed by atoms with van der Waals surface area (Å²) in [7, 11) is 0. The van der Waals surface area contributed by atoms with Gasteiger partial charge in [-0.1, -0.05) is 11.6 Å². The van der Waals surface area contributed by atoms with Crippen molar-refractivity contribution in [2.45, 2.75) is 84.7 Å². The second-order valence-electron chi connectivity index (χ2n) is 9.81. The SMILES string of the molecule is CC(C)(C)OC(=O)N1CCN(C(=O)OC(C)(C)C)C1/N=C1/C=CC2=C(CCC2)C1. The smallest absolute Gasteiger partial charge is 0.413 e. The summed E-state index contributed by atoms with van der Waals surface area (Å²) in [6.07, 6.45) is 6.58. The first-order valence-corrected chi connectivity index (χ1v) is 10.4. The summed E-state index contributed by atoms with van der Waals surface area (Å²) in [4.78, 5) is 33.4. The lowest BCUT2D eigenvalue weighted by atomic mass is 9.99. The third kappa shape index (κ3) is 5.40. The second-order valence-corrected chi connectivity index (χ2v) is 9.81. The van der Waals surface area contributed by atoms with Gasteiger partial charge in [-0.25, -0.2) is 14.6 Å². The number of amides is 2. The quantitative estimate of drug-likeness (QED) is 0.639. The van der Waals surface area contributed by atoms with Crippen LogP contribution < -0.4 is 0 Å². The molecule has 0 aromatic heterocycles. The third-order valence-electron chi connectivity index (χ3n) is 4.93. The maximum absolute atomic E-state index is 12.8. The van der Waals surface area contributed by atoms with Gasteiger partial charge in [0.15, 0.2) is 0 Å². The summed E-state index contributed by atoms with van der Waals surface area (Å²) in [6, 6.07) is 0. The van der Waals surface area contributed by atoms with Crippen molar-refractivity contribution >= 4 is 17.9 Å². The van der Waals surface area contributed by atoms with E-state index in [9.17, 15) is 9.59 Å². The van der Waals surface area contributed by atoms with E-state index in [1.54, 1.807) is 0 Å². The van der Waals surface area contributed by atoms with Crippen molar-refractivity contribution in [2.75, 3.05) is 13.1 Å². The van der Waals surface area contributed by atoms with E-state index in [0.29, 0.717) is 13.1 Å². The van der Waals surface area contributed by atoms with E-state index < -0.39 is 29.7 Å². The van der Waals surface area contributed by atoms with Crippen molar-refractivity contribution in [3.8, 4) is 0 Å². The maximum Gasteiger partial charge on any atom is 0.413 e. The summed E-state index contributed by atoms with van der Waals surface area (Å²) in [5.41, 5.74) is 2.45. The molecule has 1 heterocycles. The van der Waals surface area contributed by atoms with Crippen molar-refractivity contribution in [3.05, 3.63) is 23.3 Å². The lowest BCUT2D eigenvalue weighted by Gasteiger charge is -2.31. The van der Waals surface area contributed by atoms with E-state index in [0.717, 1.165) is 25.0 Å². The number of allylic oxidation sites excluding steroid dienone is 4. The van der Waals surface area contributed by atoms with Gasteiger partial charge in [0.1, 0.15) is 11.2 Å². The van der Waals surface area contributed by atoms with Crippen molar-refractivity contribution in [2.24, 2.45) is 4.99 Å². The monoisotopic (exact) mass is 403 g/mol. The van der Waals surface area contributed by atoms with E-state index >= 15 is 0 Å². The number of ether oxygens (including phenoxy) is 2. The molecule has 0 bridgehead atoms. The Hall–Kier alpha value is -2.31. The summed E-state index contributed by atoms with van der Waals surface area (Å²) >= 11 is 0. The van der Waals surface area contributed by atoms with Gasteiger partial charge in [0.05, 0.1) is 0 Å². The first kappa shape index (κ1) is 21.4.